The maximum Gasteiger partial charge on any atom is 0.417 e. The number of nitrogens with zero attached hydrogens (tertiary/aromatic N) is 1. The summed E-state index contributed by atoms with van der Waals surface area (Å²) in [6.45, 7) is 2.93. The summed E-state index contributed by atoms with van der Waals surface area (Å²) in [5.41, 5.74) is -1.19. The van der Waals surface area contributed by atoms with Gasteiger partial charge in [-0.1, -0.05) is 17.7 Å². The molecule has 0 bridgehead atoms. The Balaban J connectivity index is 2.27. The molecule has 30 heavy (non-hydrogen) atoms. The van der Waals surface area contributed by atoms with Crippen molar-refractivity contribution in [1.29, 1.82) is 0 Å². The number of anilines is 2. The number of rotatable bonds is 7. The van der Waals surface area contributed by atoms with Gasteiger partial charge in [0.05, 0.1) is 28.6 Å². The van der Waals surface area contributed by atoms with Gasteiger partial charge in [0.25, 0.3) is 0 Å². The molecule has 0 aliphatic rings. The first-order chi connectivity index (χ1) is 13.8. The summed E-state index contributed by atoms with van der Waals surface area (Å²) in [4.78, 5) is 12.4. The number of amides is 1. The molecule has 0 radical (unpaired) electrons. The molecule has 0 unspecified atom stereocenters. The molecule has 1 N–H and O–H groups in total. The van der Waals surface area contributed by atoms with Gasteiger partial charge in [0.1, 0.15) is 12.3 Å². The number of sulfonamides is 1. The standard InChI is InChI=1S/C19H20ClF3N2O4S/c1-12(2)29-15-6-4-5-13(9-15)24-18(26)11-25(30(3,27)28)14-7-8-17(20)16(10-14)19(21,22)23/h4-10,12H,11H2,1-3H3,(H,24,26). The Morgan fingerprint density at radius 3 is 2.43 bits per heavy atom. The summed E-state index contributed by atoms with van der Waals surface area (Å²) in [5, 5.41) is 1.93. The van der Waals surface area contributed by atoms with E-state index in [2.05, 4.69) is 5.32 Å². The van der Waals surface area contributed by atoms with E-state index < -0.39 is 39.2 Å². The van der Waals surface area contributed by atoms with Crippen LogP contribution in [0.5, 0.6) is 5.75 Å². The predicted molar refractivity (Wildman–Crippen MR) is 109 cm³/mol. The maximum absolute atomic E-state index is 13.1. The lowest BCUT2D eigenvalue weighted by Gasteiger charge is -2.23. The van der Waals surface area contributed by atoms with E-state index >= 15 is 0 Å². The summed E-state index contributed by atoms with van der Waals surface area (Å²) in [6, 6.07) is 9.06. The average molecular weight is 465 g/mol. The van der Waals surface area contributed by atoms with Gasteiger partial charge in [-0.05, 0) is 44.2 Å². The van der Waals surface area contributed by atoms with Crippen LogP contribution in [0.4, 0.5) is 24.5 Å². The maximum atomic E-state index is 13.1. The highest BCUT2D eigenvalue weighted by atomic mass is 35.5. The van der Waals surface area contributed by atoms with Crippen molar-refractivity contribution >= 4 is 38.9 Å². The molecule has 2 aromatic carbocycles. The molecule has 11 heteroatoms. The Morgan fingerprint density at radius 2 is 1.87 bits per heavy atom. The van der Waals surface area contributed by atoms with E-state index in [0.29, 0.717) is 21.8 Å². The Morgan fingerprint density at radius 1 is 1.20 bits per heavy atom. The van der Waals surface area contributed by atoms with Gasteiger partial charge in [-0.3, -0.25) is 9.10 Å². The van der Waals surface area contributed by atoms with Crippen molar-refractivity contribution in [2.24, 2.45) is 0 Å². The second-order valence-electron chi connectivity index (χ2n) is 6.67. The molecule has 2 aromatic rings. The van der Waals surface area contributed by atoms with Crippen molar-refractivity contribution in [2.45, 2.75) is 26.1 Å². The fourth-order valence-electron chi connectivity index (χ4n) is 2.54. The molecule has 0 aliphatic heterocycles. The van der Waals surface area contributed by atoms with Crippen LogP contribution in [0.1, 0.15) is 19.4 Å². The van der Waals surface area contributed by atoms with E-state index in [4.69, 9.17) is 16.3 Å². The Kier molecular flexibility index (Phi) is 7.25. The SMILES string of the molecule is CC(C)Oc1cccc(NC(=O)CN(c2ccc(Cl)c(C(F)(F)F)c2)S(C)(=O)=O)c1. The van der Waals surface area contributed by atoms with Gasteiger partial charge < -0.3 is 10.1 Å². The van der Waals surface area contributed by atoms with Gasteiger partial charge in [-0.25, -0.2) is 8.42 Å². The lowest BCUT2D eigenvalue weighted by molar-refractivity contribution is -0.137. The van der Waals surface area contributed by atoms with E-state index in [9.17, 15) is 26.4 Å². The molecule has 0 spiro atoms. The predicted octanol–water partition coefficient (Wildman–Crippen LogP) is 4.55. The number of benzene rings is 2. The van der Waals surface area contributed by atoms with E-state index in [-0.39, 0.29) is 11.8 Å². The van der Waals surface area contributed by atoms with Crippen molar-refractivity contribution in [3.8, 4) is 5.75 Å². The first kappa shape index (κ1) is 23.8. The van der Waals surface area contributed by atoms with Crippen LogP contribution in [0.15, 0.2) is 42.5 Å². The second kappa shape index (κ2) is 9.13. The van der Waals surface area contributed by atoms with Gasteiger partial charge >= 0.3 is 6.18 Å². The number of nitrogens with one attached hydrogen (secondary N) is 1. The third-order valence-electron chi connectivity index (χ3n) is 3.72. The first-order valence-corrected chi connectivity index (χ1v) is 10.9. The monoisotopic (exact) mass is 464 g/mol. The van der Waals surface area contributed by atoms with Gasteiger partial charge in [0, 0.05) is 11.8 Å². The van der Waals surface area contributed by atoms with Crippen molar-refractivity contribution in [1.82, 2.24) is 0 Å². The highest BCUT2D eigenvalue weighted by Gasteiger charge is 2.34. The van der Waals surface area contributed by atoms with E-state index in [1.807, 2.05) is 13.8 Å². The van der Waals surface area contributed by atoms with E-state index in [1.54, 1.807) is 24.3 Å². The highest BCUT2D eigenvalue weighted by Crippen LogP contribution is 2.37. The molecule has 0 heterocycles. The summed E-state index contributed by atoms with van der Waals surface area (Å²) < 4.78 is 69.8. The molecule has 164 valence electrons. The van der Waals surface area contributed by atoms with Crippen molar-refractivity contribution < 1.29 is 31.1 Å². The summed E-state index contributed by atoms with van der Waals surface area (Å²) in [7, 11) is -4.07. The summed E-state index contributed by atoms with van der Waals surface area (Å²) >= 11 is 5.58. The molecule has 0 saturated heterocycles. The third kappa shape index (κ3) is 6.53. The number of ether oxygens (including phenoxy) is 1. The minimum Gasteiger partial charge on any atom is -0.491 e. The zero-order chi connectivity index (χ0) is 22.7. The van der Waals surface area contributed by atoms with E-state index in [1.165, 1.54) is 0 Å². The normalized spacial score (nSPS) is 12.0. The van der Waals surface area contributed by atoms with Crippen LogP contribution < -0.4 is 14.4 Å². The minimum absolute atomic E-state index is 0.0931. The molecular formula is C19H20ClF3N2O4S. The molecule has 2 rings (SSSR count). The number of carbonyl (C=O) groups is 1. The molecule has 0 aliphatic carbocycles. The number of hydrogen-bond donors (Lipinski definition) is 1. The van der Waals surface area contributed by atoms with E-state index in [0.717, 1.165) is 18.4 Å². The van der Waals surface area contributed by atoms with Crippen LogP contribution in [-0.2, 0) is 21.0 Å². The largest absolute Gasteiger partial charge is 0.491 e. The molecule has 0 saturated carbocycles. The molecule has 6 nitrogen and oxygen atoms in total. The summed E-state index contributed by atoms with van der Waals surface area (Å²) in [6.07, 6.45) is -4.08. The highest BCUT2D eigenvalue weighted by molar-refractivity contribution is 7.92. The van der Waals surface area contributed by atoms with Gasteiger partial charge in [-0.15, -0.1) is 0 Å². The Hall–Kier alpha value is -2.46. The van der Waals surface area contributed by atoms with Crippen molar-refractivity contribution in [3.63, 3.8) is 0 Å². The Bertz CT molecular complexity index is 1030. The first-order valence-electron chi connectivity index (χ1n) is 8.68. The number of alkyl halides is 3. The Labute approximate surface area is 177 Å². The number of carbonyl (C=O) groups excluding carboxylic acids is 1. The average Bonchev–Trinajstić information content (AvgIpc) is 2.58. The summed E-state index contributed by atoms with van der Waals surface area (Å²) in [5.74, 6) is -0.249. The van der Waals surface area contributed by atoms with Crippen LogP contribution >= 0.6 is 11.6 Å². The van der Waals surface area contributed by atoms with Gasteiger partial charge in [0.15, 0.2) is 0 Å². The molecule has 0 fully saturated rings. The van der Waals surface area contributed by atoms with Crippen molar-refractivity contribution in [3.05, 3.63) is 53.1 Å². The third-order valence-corrected chi connectivity index (χ3v) is 5.19. The molecule has 1 amide bonds. The fourth-order valence-corrected chi connectivity index (χ4v) is 3.61. The zero-order valence-corrected chi connectivity index (χ0v) is 17.9. The minimum atomic E-state index is -4.78. The van der Waals surface area contributed by atoms with Crippen LogP contribution in [0, 0.1) is 0 Å². The van der Waals surface area contributed by atoms with Gasteiger partial charge in [-0.2, -0.15) is 13.2 Å². The van der Waals surface area contributed by atoms with Crippen molar-refractivity contribution in [2.75, 3.05) is 22.4 Å². The molecule has 0 atom stereocenters. The van der Waals surface area contributed by atoms with Crippen LogP contribution in [0.2, 0.25) is 5.02 Å². The lowest BCUT2D eigenvalue weighted by Crippen LogP contribution is -2.37. The van der Waals surface area contributed by atoms with Gasteiger partial charge in [0.2, 0.25) is 15.9 Å². The molecule has 0 aromatic heterocycles. The zero-order valence-electron chi connectivity index (χ0n) is 16.3. The smallest absolute Gasteiger partial charge is 0.417 e. The quantitative estimate of drug-likeness (QED) is 0.652. The molecular weight excluding hydrogens is 445 g/mol. The topological polar surface area (TPSA) is 75.7 Å². The number of halogens is 4. The van der Waals surface area contributed by atoms with Crippen LogP contribution in [0.25, 0.3) is 0 Å². The fraction of sp³-hybridized carbons (Fsp3) is 0.316. The lowest BCUT2D eigenvalue weighted by atomic mass is 10.2. The second-order valence-corrected chi connectivity index (χ2v) is 8.99. The number of hydrogen-bond acceptors (Lipinski definition) is 4. The van der Waals surface area contributed by atoms with Crippen LogP contribution in [-0.4, -0.2) is 33.2 Å². The van der Waals surface area contributed by atoms with Crippen LogP contribution in [0.3, 0.4) is 0 Å².